The number of rotatable bonds is 9. The highest BCUT2D eigenvalue weighted by molar-refractivity contribution is 14.0. The molecule has 7 heteroatoms. The third-order valence-electron chi connectivity index (χ3n) is 3.64. The van der Waals surface area contributed by atoms with Crippen molar-refractivity contribution in [3.05, 3.63) is 48.8 Å². The van der Waals surface area contributed by atoms with E-state index in [1.165, 1.54) is 0 Å². The number of para-hydroxylation sites is 1. The number of guanidine groups is 1. The Labute approximate surface area is 167 Å². The van der Waals surface area contributed by atoms with Crippen molar-refractivity contribution in [2.75, 3.05) is 20.1 Å². The molecular formula is C18H28IN5O. The van der Waals surface area contributed by atoms with Crippen molar-refractivity contribution in [3.63, 3.8) is 0 Å². The molecule has 1 heterocycles. The van der Waals surface area contributed by atoms with Gasteiger partial charge in [-0.2, -0.15) is 5.10 Å². The van der Waals surface area contributed by atoms with E-state index in [9.17, 15) is 0 Å². The number of aliphatic imine (C=N–C) groups is 1. The molecule has 0 amide bonds. The smallest absolute Gasteiger partial charge is 0.191 e. The molecule has 0 aliphatic carbocycles. The van der Waals surface area contributed by atoms with Gasteiger partial charge >= 0.3 is 0 Å². The fourth-order valence-corrected chi connectivity index (χ4v) is 2.27. The quantitative estimate of drug-likeness (QED) is 0.263. The Morgan fingerprint density at radius 3 is 2.68 bits per heavy atom. The minimum Gasteiger partial charge on any atom is -0.489 e. The zero-order valence-corrected chi connectivity index (χ0v) is 17.2. The van der Waals surface area contributed by atoms with E-state index in [1.807, 2.05) is 47.3 Å². The molecule has 2 N–H and O–H groups in total. The summed E-state index contributed by atoms with van der Waals surface area (Å²) in [5, 5.41) is 10.8. The summed E-state index contributed by atoms with van der Waals surface area (Å²) in [6.45, 7) is 4.57. The minimum absolute atomic E-state index is 0. The van der Waals surface area contributed by atoms with E-state index in [2.05, 4.69) is 27.6 Å². The summed E-state index contributed by atoms with van der Waals surface area (Å²) < 4.78 is 7.91. The second-order valence-electron chi connectivity index (χ2n) is 5.46. The van der Waals surface area contributed by atoms with Gasteiger partial charge in [0.1, 0.15) is 11.9 Å². The average molecular weight is 457 g/mol. The van der Waals surface area contributed by atoms with E-state index < -0.39 is 0 Å². The Kier molecular flexibility index (Phi) is 10.7. The number of ether oxygens (including phenoxy) is 1. The highest BCUT2D eigenvalue weighted by atomic mass is 127. The highest BCUT2D eigenvalue weighted by Crippen LogP contribution is 2.11. The second kappa shape index (κ2) is 12.6. The Morgan fingerprint density at radius 2 is 2.04 bits per heavy atom. The van der Waals surface area contributed by atoms with Gasteiger partial charge in [-0.15, -0.1) is 24.0 Å². The normalized spacial score (nSPS) is 12.2. The van der Waals surface area contributed by atoms with Gasteiger partial charge in [0.15, 0.2) is 5.96 Å². The summed E-state index contributed by atoms with van der Waals surface area (Å²) in [5.41, 5.74) is 0. The van der Waals surface area contributed by atoms with Crippen molar-refractivity contribution in [2.24, 2.45) is 4.99 Å². The van der Waals surface area contributed by atoms with Gasteiger partial charge in [-0.1, -0.05) is 25.1 Å². The summed E-state index contributed by atoms with van der Waals surface area (Å²) in [4.78, 5) is 4.25. The maximum absolute atomic E-state index is 5.98. The summed E-state index contributed by atoms with van der Waals surface area (Å²) in [6, 6.07) is 11.8. The van der Waals surface area contributed by atoms with Gasteiger partial charge in [0.05, 0.1) is 6.54 Å². The molecule has 0 spiro atoms. The molecule has 2 rings (SSSR count). The van der Waals surface area contributed by atoms with Crippen molar-refractivity contribution in [3.8, 4) is 5.75 Å². The predicted molar refractivity (Wildman–Crippen MR) is 113 cm³/mol. The highest BCUT2D eigenvalue weighted by Gasteiger charge is 2.09. The number of aromatic nitrogens is 2. The van der Waals surface area contributed by atoms with Gasteiger partial charge in [0, 0.05) is 32.5 Å². The van der Waals surface area contributed by atoms with E-state index in [0.29, 0.717) is 6.54 Å². The van der Waals surface area contributed by atoms with Crippen LogP contribution in [0.25, 0.3) is 0 Å². The zero-order valence-electron chi connectivity index (χ0n) is 14.9. The first-order valence-electron chi connectivity index (χ1n) is 8.45. The molecule has 1 aromatic heterocycles. The fraction of sp³-hybridized carbons (Fsp3) is 0.444. The van der Waals surface area contributed by atoms with Crippen molar-refractivity contribution in [2.45, 2.75) is 32.4 Å². The monoisotopic (exact) mass is 457 g/mol. The lowest BCUT2D eigenvalue weighted by Gasteiger charge is -2.20. The van der Waals surface area contributed by atoms with Gasteiger partial charge in [0.25, 0.3) is 0 Å². The van der Waals surface area contributed by atoms with Crippen molar-refractivity contribution < 1.29 is 4.74 Å². The van der Waals surface area contributed by atoms with Crippen molar-refractivity contribution in [1.82, 2.24) is 20.4 Å². The van der Waals surface area contributed by atoms with E-state index in [-0.39, 0.29) is 30.1 Å². The number of halogens is 1. The van der Waals surface area contributed by atoms with Crippen LogP contribution in [0.5, 0.6) is 5.75 Å². The molecule has 1 unspecified atom stereocenters. The third-order valence-corrected chi connectivity index (χ3v) is 3.64. The molecule has 0 aliphatic heterocycles. The van der Waals surface area contributed by atoms with Crippen LogP contribution in [0.15, 0.2) is 53.8 Å². The van der Waals surface area contributed by atoms with Crippen molar-refractivity contribution >= 4 is 29.9 Å². The molecule has 1 aromatic carbocycles. The van der Waals surface area contributed by atoms with Gasteiger partial charge < -0.3 is 15.4 Å². The molecule has 0 saturated carbocycles. The largest absolute Gasteiger partial charge is 0.489 e. The molecule has 25 heavy (non-hydrogen) atoms. The van der Waals surface area contributed by atoms with E-state index in [1.54, 1.807) is 13.2 Å². The number of nitrogens with one attached hydrogen (secondary N) is 2. The van der Waals surface area contributed by atoms with Crippen LogP contribution in [0, 0.1) is 0 Å². The van der Waals surface area contributed by atoms with E-state index >= 15 is 0 Å². The lowest BCUT2D eigenvalue weighted by molar-refractivity contribution is 0.199. The molecule has 138 valence electrons. The first-order valence-corrected chi connectivity index (χ1v) is 8.45. The molecule has 0 fully saturated rings. The molecule has 6 nitrogen and oxygen atoms in total. The predicted octanol–water partition coefficient (Wildman–Crippen LogP) is 2.91. The Bertz CT molecular complexity index is 589. The van der Waals surface area contributed by atoms with Crippen LogP contribution in [0.1, 0.15) is 19.8 Å². The summed E-state index contributed by atoms with van der Waals surface area (Å²) >= 11 is 0. The van der Waals surface area contributed by atoms with Gasteiger partial charge in [-0.05, 0) is 31.0 Å². The maximum atomic E-state index is 5.98. The molecule has 0 saturated heterocycles. The SMILES string of the molecule is CCC(CNC(=NC)NCCCn1cccn1)Oc1ccccc1.I. The molecule has 0 aliphatic rings. The molecule has 0 radical (unpaired) electrons. The van der Waals surface area contributed by atoms with Crippen LogP contribution in [0.2, 0.25) is 0 Å². The van der Waals surface area contributed by atoms with Gasteiger partial charge in [-0.3, -0.25) is 9.67 Å². The number of hydrogen-bond acceptors (Lipinski definition) is 3. The maximum Gasteiger partial charge on any atom is 0.191 e. The molecule has 1 atom stereocenters. The standard InChI is InChI=1S/C18H27N5O.HI/c1-3-16(24-17-9-5-4-6-10-17)15-21-18(19-2)20-11-7-13-23-14-8-12-22-23;/h4-6,8-10,12,14,16H,3,7,11,13,15H2,1-2H3,(H2,19,20,21);1H. The summed E-state index contributed by atoms with van der Waals surface area (Å²) in [5.74, 6) is 1.69. The van der Waals surface area contributed by atoms with E-state index in [4.69, 9.17) is 4.74 Å². The van der Waals surface area contributed by atoms with Gasteiger partial charge in [0.2, 0.25) is 0 Å². The average Bonchev–Trinajstić information content (AvgIpc) is 3.14. The molecule has 0 bridgehead atoms. The third kappa shape index (κ3) is 8.24. The number of nitrogens with zero attached hydrogens (tertiary/aromatic N) is 3. The van der Waals surface area contributed by atoms with Crippen LogP contribution in [0.4, 0.5) is 0 Å². The Morgan fingerprint density at radius 1 is 1.24 bits per heavy atom. The first-order chi connectivity index (χ1) is 11.8. The first kappa shape index (κ1) is 21.3. The van der Waals surface area contributed by atoms with Crippen LogP contribution in [-0.2, 0) is 6.54 Å². The van der Waals surface area contributed by atoms with Crippen LogP contribution >= 0.6 is 24.0 Å². The summed E-state index contributed by atoms with van der Waals surface area (Å²) in [7, 11) is 1.78. The number of benzene rings is 1. The van der Waals surface area contributed by atoms with Crippen molar-refractivity contribution in [1.29, 1.82) is 0 Å². The second-order valence-corrected chi connectivity index (χ2v) is 5.46. The lowest BCUT2D eigenvalue weighted by atomic mass is 10.2. The molecular weight excluding hydrogens is 429 g/mol. The molecule has 2 aromatic rings. The van der Waals surface area contributed by atoms with Crippen LogP contribution in [0.3, 0.4) is 0 Å². The Hall–Kier alpha value is -1.77. The van der Waals surface area contributed by atoms with E-state index in [0.717, 1.165) is 37.6 Å². The number of hydrogen-bond donors (Lipinski definition) is 2. The van der Waals surface area contributed by atoms with Crippen LogP contribution in [-0.4, -0.2) is 42.0 Å². The summed E-state index contributed by atoms with van der Waals surface area (Å²) in [6.07, 6.45) is 5.79. The minimum atomic E-state index is 0. The van der Waals surface area contributed by atoms with Crippen LogP contribution < -0.4 is 15.4 Å². The lowest BCUT2D eigenvalue weighted by Crippen LogP contribution is -2.42. The zero-order chi connectivity index (χ0) is 17.0. The van der Waals surface area contributed by atoms with Gasteiger partial charge in [-0.25, -0.2) is 0 Å². The Balaban J connectivity index is 0.00000312. The fourth-order valence-electron chi connectivity index (χ4n) is 2.27. The number of aryl methyl sites for hydroxylation is 1. The topological polar surface area (TPSA) is 63.5 Å².